The SMILES string of the molecule is Fc1ccc(-c2cc(CC=NNc3cncnc3)ccn2)cc1. The first-order chi connectivity index (χ1) is 11.3. The van der Waals surface area contributed by atoms with Crippen molar-refractivity contribution < 1.29 is 4.39 Å². The molecule has 2 aromatic heterocycles. The van der Waals surface area contributed by atoms with Gasteiger partial charge in [-0.15, -0.1) is 0 Å². The van der Waals surface area contributed by atoms with Gasteiger partial charge in [-0.2, -0.15) is 5.10 Å². The first-order valence-electron chi connectivity index (χ1n) is 7.05. The maximum atomic E-state index is 13.0. The van der Waals surface area contributed by atoms with Crippen molar-refractivity contribution in [1.82, 2.24) is 15.0 Å². The van der Waals surface area contributed by atoms with Crippen LogP contribution in [0.2, 0.25) is 0 Å². The second-order valence-electron chi connectivity index (χ2n) is 4.81. The lowest BCUT2D eigenvalue weighted by atomic mass is 10.1. The Balaban J connectivity index is 1.65. The van der Waals surface area contributed by atoms with Crippen molar-refractivity contribution in [1.29, 1.82) is 0 Å². The topological polar surface area (TPSA) is 63.1 Å². The molecule has 23 heavy (non-hydrogen) atoms. The van der Waals surface area contributed by atoms with Gasteiger partial charge in [-0.3, -0.25) is 10.4 Å². The molecule has 0 bridgehead atoms. The number of aromatic nitrogens is 3. The highest BCUT2D eigenvalue weighted by Crippen LogP contribution is 2.18. The van der Waals surface area contributed by atoms with E-state index in [4.69, 9.17) is 0 Å². The Bertz CT molecular complexity index is 788. The van der Waals surface area contributed by atoms with E-state index in [1.807, 2.05) is 12.1 Å². The van der Waals surface area contributed by atoms with Gasteiger partial charge >= 0.3 is 0 Å². The molecule has 5 nitrogen and oxygen atoms in total. The van der Waals surface area contributed by atoms with E-state index in [1.54, 1.807) is 36.9 Å². The van der Waals surface area contributed by atoms with Gasteiger partial charge in [-0.05, 0) is 42.0 Å². The number of anilines is 1. The molecule has 0 fully saturated rings. The van der Waals surface area contributed by atoms with E-state index >= 15 is 0 Å². The van der Waals surface area contributed by atoms with Crippen LogP contribution in [0.15, 0.2) is 66.4 Å². The summed E-state index contributed by atoms with van der Waals surface area (Å²) in [4.78, 5) is 12.1. The third-order valence-electron chi connectivity index (χ3n) is 3.14. The molecule has 0 saturated heterocycles. The van der Waals surface area contributed by atoms with Crippen LogP contribution >= 0.6 is 0 Å². The van der Waals surface area contributed by atoms with Gasteiger partial charge in [0.1, 0.15) is 12.1 Å². The summed E-state index contributed by atoms with van der Waals surface area (Å²) in [7, 11) is 0. The van der Waals surface area contributed by atoms with Gasteiger partial charge in [-0.25, -0.2) is 14.4 Å². The Kier molecular flexibility index (Phi) is 4.63. The standard InChI is InChI=1S/C17H14FN5/c18-15-3-1-14(2-4-15)17-9-13(5-7-21-17)6-8-22-23-16-10-19-12-20-11-16/h1-5,7-12,23H,6H2. The average molecular weight is 307 g/mol. The second-order valence-corrected chi connectivity index (χ2v) is 4.81. The molecule has 3 rings (SSSR count). The molecular formula is C17H14FN5. The fourth-order valence-electron chi connectivity index (χ4n) is 2.01. The maximum Gasteiger partial charge on any atom is 0.123 e. The molecule has 0 aliphatic rings. The summed E-state index contributed by atoms with van der Waals surface area (Å²) in [5.74, 6) is -0.256. The highest BCUT2D eigenvalue weighted by Gasteiger charge is 2.01. The summed E-state index contributed by atoms with van der Waals surface area (Å²) in [6.07, 6.45) is 8.89. The van der Waals surface area contributed by atoms with Gasteiger partial charge in [0.05, 0.1) is 23.8 Å². The van der Waals surface area contributed by atoms with Gasteiger partial charge in [-0.1, -0.05) is 0 Å². The first kappa shape index (κ1) is 14.8. The van der Waals surface area contributed by atoms with E-state index in [0.717, 1.165) is 22.5 Å². The maximum absolute atomic E-state index is 13.0. The summed E-state index contributed by atoms with van der Waals surface area (Å²) >= 11 is 0. The summed E-state index contributed by atoms with van der Waals surface area (Å²) < 4.78 is 13.0. The number of benzene rings is 1. The molecule has 6 heteroatoms. The van der Waals surface area contributed by atoms with Crippen LogP contribution in [0.3, 0.4) is 0 Å². The number of hydrogen-bond acceptors (Lipinski definition) is 5. The lowest BCUT2D eigenvalue weighted by Crippen LogP contribution is -1.94. The minimum Gasteiger partial charge on any atom is -0.276 e. The number of nitrogens with zero attached hydrogens (tertiary/aromatic N) is 4. The molecule has 0 saturated carbocycles. The van der Waals surface area contributed by atoms with Crippen molar-refractivity contribution in [3.63, 3.8) is 0 Å². The third kappa shape index (κ3) is 4.16. The van der Waals surface area contributed by atoms with Gasteiger partial charge in [0.15, 0.2) is 0 Å². The molecule has 0 unspecified atom stereocenters. The van der Waals surface area contributed by atoms with Crippen LogP contribution in [0.5, 0.6) is 0 Å². The van der Waals surface area contributed by atoms with Crippen LogP contribution in [0, 0.1) is 5.82 Å². The van der Waals surface area contributed by atoms with Crippen LogP contribution in [-0.4, -0.2) is 21.2 Å². The van der Waals surface area contributed by atoms with Crippen LogP contribution in [0.1, 0.15) is 5.56 Å². The Morgan fingerprint density at radius 2 is 1.87 bits per heavy atom. The molecule has 1 N–H and O–H groups in total. The Morgan fingerprint density at radius 1 is 1.09 bits per heavy atom. The lowest BCUT2D eigenvalue weighted by Gasteiger charge is -2.03. The fourth-order valence-corrected chi connectivity index (χ4v) is 2.01. The molecule has 0 atom stereocenters. The molecule has 0 spiro atoms. The smallest absolute Gasteiger partial charge is 0.123 e. The Labute approximate surface area is 133 Å². The largest absolute Gasteiger partial charge is 0.276 e. The fraction of sp³-hybridized carbons (Fsp3) is 0.0588. The van der Waals surface area contributed by atoms with Gasteiger partial charge in [0, 0.05) is 24.4 Å². The first-order valence-corrected chi connectivity index (χ1v) is 7.05. The normalized spacial score (nSPS) is 10.8. The van der Waals surface area contributed by atoms with E-state index in [2.05, 4.69) is 25.5 Å². The lowest BCUT2D eigenvalue weighted by molar-refractivity contribution is 0.628. The van der Waals surface area contributed by atoms with Crippen molar-refractivity contribution in [2.45, 2.75) is 6.42 Å². The highest BCUT2D eigenvalue weighted by molar-refractivity contribution is 5.65. The van der Waals surface area contributed by atoms with E-state index in [1.165, 1.54) is 18.5 Å². The molecule has 0 aliphatic carbocycles. The monoisotopic (exact) mass is 307 g/mol. The Hall–Kier alpha value is -3.15. The van der Waals surface area contributed by atoms with E-state index in [9.17, 15) is 4.39 Å². The molecule has 3 aromatic rings. The van der Waals surface area contributed by atoms with Crippen LogP contribution in [-0.2, 0) is 6.42 Å². The zero-order valence-electron chi connectivity index (χ0n) is 12.2. The number of hydrazone groups is 1. The summed E-state index contributed by atoms with van der Waals surface area (Å²) in [5, 5.41) is 4.13. The zero-order valence-corrected chi connectivity index (χ0v) is 12.2. The van der Waals surface area contributed by atoms with E-state index in [-0.39, 0.29) is 5.82 Å². The second kappa shape index (κ2) is 7.22. The molecule has 0 amide bonds. The Morgan fingerprint density at radius 3 is 2.65 bits per heavy atom. The van der Waals surface area contributed by atoms with Gasteiger partial charge in [0.2, 0.25) is 0 Å². The summed E-state index contributed by atoms with van der Waals surface area (Å²) in [5.41, 5.74) is 6.33. The highest BCUT2D eigenvalue weighted by atomic mass is 19.1. The third-order valence-corrected chi connectivity index (χ3v) is 3.14. The minimum atomic E-state index is -0.256. The molecule has 0 aliphatic heterocycles. The van der Waals surface area contributed by atoms with E-state index < -0.39 is 0 Å². The molecule has 1 aromatic carbocycles. The van der Waals surface area contributed by atoms with Crippen LogP contribution in [0.25, 0.3) is 11.3 Å². The average Bonchev–Trinajstić information content (AvgIpc) is 2.61. The quantitative estimate of drug-likeness (QED) is 0.580. The summed E-state index contributed by atoms with van der Waals surface area (Å²) in [6.45, 7) is 0. The van der Waals surface area contributed by atoms with Gasteiger partial charge in [0.25, 0.3) is 0 Å². The number of pyridine rings is 1. The number of nitrogens with one attached hydrogen (secondary N) is 1. The molecule has 114 valence electrons. The molecular weight excluding hydrogens is 293 g/mol. The van der Waals surface area contributed by atoms with Crippen LogP contribution < -0.4 is 5.43 Å². The van der Waals surface area contributed by atoms with Crippen LogP contribution in [0.4, 0.5) is 10.1 Å². The zero-order chi connectivity index (χ0) is 15.9. The number of halogens is 1. The predicted molar refractivity (Wildman–Crippen MR) is 87.5 cm³/mol. The van der Waals surface area contributed by atoms with Crippen molar-refractivity contribution >= 4 is 11.9 Å². The van der Waals surface area contributed by atoms with Crippen molar-refractivity contribution in [3.05, 3.63) is 72.7 Å². The molecule has 2 heterocycles. The minimum absolute atomic E-state index is 0.256. The van der Waals surface area contributed by atoms with Crippen molar-refractivity contribution in [2.75, 3.05) is 5.43 Å². The van der Waals surface area contributed by atoms with Crippen molar-refractivity contribution in [2.24, 2.45) is 5.10 Å². The molecule has 0 radical (unpaired) electrons. The number of hydrogen-bond donors (Lipinski definition) is 1. The van der Waals surface area contributed by atoms with Crippen molar-refractivity contribution in [3.8, 4) is 11.3 Å². The van der Waals surface area contributed by atoms with E-state index in [0.29, 0.717) is 6.42 Å². The number of rotatable bonds is 5. The van der Waals surface area contributed by atoms with Gasteiger partial charge < -0.3 is 0 Å². The predicted octanol–water partition coefficient (Wildman–Crippen LogP) is 3.32. The summed E-state index contributed by atoms with van der Waals surface area (Å²) in [6, 6.07) is 10.2.